The van der Waals surface area contributed by atoms with E-state index in [1.165, 1.54) is 7.11 Å². The molecule has 2 N–H and O–H groups in total. The molecule has 1 aliphatic rings. The van der Waals surface area contributed by atoms with Crippen LogP contribution in [0.25, 0.3) is 0 Å². The number of hydrogen-bond donors (Lipinski definition) is 2. The van der Waals surface area contributed by atoms with Crippen molar-refractivity contribution in [2.24, 2.45) is 0 Å². The maximum Gasteiger partial charge on any atom is 0.407 e. The van der Waals surface area contributed by atoms with Crippen molar-refractivity contribution in [3.05, 3.63) is 24.3 Å². The van der Waals surface area contributed by atoms with E-state index in [4.69, 9.17) is 4.74 Å². The highest BCUT2D eigenvalue weighted by Gasteiger charge is 2.15. The van der Waals surface area contributed by atoms with Crippen LogP contribution < -0.4 is 15.5 Å². The number of carbonyl (C=O) groups is 2. The minimum Gasteiger partial charge on any atom is -0.453 e. The standard InChI is InChI=1S/C14H19N3O4/c1-20-14(19)15-10-13(18)16-11-4-2-3-5-12(11)17-6-8-21-9-7-17/h2-5H,6-10H2,1H3,(H,15,19)(H,16,18). The van der Waals surface area contributed by atoms with Gasteiger partial charge in [0.1, 0.15) is 6.54 Å². The molecule has 0 spiro atoms. The molecule has 1 aliphatic heterocycles. The van der Waals surface area contributed by atoms with Gasteiger partial charge >= 0.3 is 6.09 Å². The van der Waals surface area contributed by atoms with Gasteiger partial charge in [-0.15, -0.1) is 0 Å². The van der Waals surface area contributed by atoms with Gasteiger partial charge in [0.15, 0.2) is 0 Å². The van der Waals surface area contributed by atoms with Gasteiger partial charge in [-0.05, 0) is 12.1 Å². The maximum atomic E-state index is 11.8. The van der Waals surface area contributed by atoms with Crippen molar-refractivity contribution >= 4 is 23.4 Å². The highest BCUT2D eigenvalue weighted by atomic mass is 16.5. The summed E-state index contributed by atoms with van der Waals surface area (Å²) in [4.78, 5) is 25.0. The third-order valence-electron chi connectivity index (χ3n) is 3.11. The summed E-state index contributed by atoms with van der Waals surface area (Å²) in [7, 11) is 1.25. The second-order valence-corrected chi connectivity index (χ2v) is 4.51. The molecular formula is C14H19N3O4. The Morgan fingerprint density at radius 3 is 2.71 bits per heavy atom. The maximum absolute atomic E-state index is 11.8. The molecule has 2 rings (SSSR count). The molecule has 0 atom stereocenters. The van der Waals surface area contributed by atoms with Crippen LogP contribution in [0.1, 0.15) is 0 Å². The Balaban J connectivity index is 1.99. The summed E-state index contributed by atoms with van der Waals surface area (Å²) in [5.41, 5.74) is 1.67. The van der Waals surface area contributed by atoms with Crippen LogP contribution in [0.3, 0.4) is 0 Å². The molecule has 2 amide bonds. The van der Waals surface area contributed by atoms with E-state index in [-0.39, 0.29) is 12.5 Å². The summed E-state index contributed by atoms with van der Waals surface area (Å²) in [6.07, 6.45) is -0.633. The third kappa shape index (κ3) is 4.35. The molecule has 21 heavy (non-hydrogen) atoms. The molecule has 0 radical (unpaired) electrons. The summed E-state index contributed by atoms with van der Waals surface area (Å²) >= 11 is 0. The largest absolute Gasteiger partial charge is 0.453 e. The zero-order chi connectivity index (χ0) is 15.1. The minimum atomic E-state index is -0.633. The van der Waals surface area contributed by atoms with E-state index in [1.807, 2.05) is 24.3 Å². The number of hydrogen-bond acceptors (Lipinski definition) is 5. The van der Waals surface area contributed by atoms with Crippen molar-refractivity contribution < 1.29 is 19.1 Å². The first-order valence-electron chi connectivity index (χ1n) is 6.74. The number of nitrogens with one attached hydrogen (secondary N) is 2. The number of anilines is 2. The van der Waals surface area contributed by atoms with Crippen LogP contribution >= 0.6 is 0 Å². The number of carbonyl (C=O) groups excluding carboxylic acids is 2. The smallest absolute Gasteiger partial charge is 0.407 e. The van der Waals surface area contributed by atoms with Crippen molar-refractivity contribution in [2.45, 2.75) is 0 Å². The molecule has 1 aromatic carbocycles. The second kappa shape index (κ2) is 7.49. The van der Waals surface area contributed by atoms with E-state index in [1.54, 1.807) is 0 Å². The lowest BCUT2D eigenvalue weighted by Crippen LogP contribution is -2.37. The predicted molar refractivity (Wildman–Crippen MR) is 78.5 cm³/mol. The number of methoxy groups -OCH3 is 1. The van der Waals surface area contributed by atoms with Gasteiger partial charge in [0.2, 0.25) is 5.91 Å². The summed E-state index contributed by atoms with van der Waals surface area (Å²) in [6.45, 7) is 2.78. The fourth-order valence-corrected chi connectivity index (χ4v) is 2.08. The fourth-order valence-electron chi connectivity index (χ4n) is 2.08. The predicted octanol–water partition coefficient (Wildman–Crippen LogP) is 0.818. The summed E-state index contributed by atoms with van der Waals surface area (Å²) in [5, 5.41) is 5.14. The van der Waals surface area contributed by atoms with Crippen LogP contribution in [0, 0.1) is 0 Å². The number of amides is 2. The van der Waals surface area contributed by atoms with Gasteiger partial charge in [-0.2, -0.15) is 0 Å². The normalized spacial score (nSPS) is 14.4. The average Bonchev–Trinajstić information content (AvgIpc) is 2.54. The molecule has 0 bridgehead atoms. The van der Waals surface area contributed by atoms with Crippen LogP contribution in [-0.2, 0) is 14.3 Å². The lowest BCUT2D eigenvalue weighted by atomic mass is 10.2. The highest BCUT2D eigenvalue weighted by Crippen LogP contribution is 2.26. The Morgan fingerprint density at radius 2 is 2.00 bits per heavy atom. The first kappa shape index (κ1) is 15.1. The Bertz CT molecular complexity index is 501. The van der Waals surface area contributed by atoms with Crippen molar-refractivity contribution in [2.75, 3.05) is 50.2 Å². The summed E-state index contributed by atoms with van der Waals surface area (Å²) in [6, 6.07) is 7.57. The molecule has 1 fully saturated rings. The zero-order valence-corrected chi connectivity index (χ0v) is 11.9. The summed E-state index contributed by atoms with van der Waals surface area (Å²) in [5.74, 6) is -0.305. The van der Waals surface area contributed by atoms with Gasteiger partial charge in [0.25, 0.3) is 0 Å². The van der Waals surface area contributed by atoms with Crippen LogP contribution in [-0.4, -0.2) is 52.0 Å². The fraction of sp³-hybridized carbons (Fsp3) is 0.429. The Morgan fingerprint density at radius 1 is 1.29 bits per heavy atom. The molecule has 0 aliphatic carbocycles. The number of morpholine rings is 1. The molecule has 1 heterocycles. The number of alkyl carbamates (subject to hydrolysis) is 1. The topological polar surface area (TPSA) is 79.9 Å². The zero-order valence-electron chi connectivity index (χ0n) is 11.9. The van der Waals surface area contributed by atoms with Crippen LogP contribution in [0.15, 0.2) is 24.3 Å². The number of benzene rings is 1. The van der Waals surface area contributed by atoms with Crippen molar-refractivity contribution in [1.29, 1.82) is 0 Å². The van der Waals surface area contributed by atoms with E-state index >= 15 is 0 Å². The van der Waals surface area contributed by atoms with Crippen molar-refractivity contribution in [3.8, 4) is 0 Å². The Labute approximate surface area is 123 Å². The summed E-state index contributed by atoms with van der Waals surface area (Å²) < 4.78 is 9.75. The van der Waals surface area contributed by atoms with Crippen molar-refractivity contribution in [1.82, 2.24) is 5.32 Å². The molecule has 1 aromatic rings. The molecule has 0 saturated carbocycles. The number of ether oxygens (including phenoxy) is 2. The quantitative estimate of drug-likeness (QED) is 0.859. The van der Waals surface area contributed by atoms with Gasteiger partial charge in [-0.25, -0.2) is 4.79 Å². The SMILES string of the molecule is COC(=O)NCC(=O)Nc1ccccc1N1CCOCC1. The van der Waals surface area contributed by atoms with Gasteiger partial charge < -0.3 is 25.0 Å². The van der Waals surface area contributed by atoms with E-state index in [0.717, 1.165) is 24.5 Å². The first-order chi connectivity index (χ1) is 10.2. The molecule has 114 valence electrons. The van der Waals surface area contributed by atoms with Gasteiger partial charge in [0.05, 0.1) is 31.7 Å². The van der Waals surface area contributed by atoms with E-state index in [2.05, 4.69) is 20.3 Å². The lowest BCUT2D eigenvalue weighted by Gasteiger charge is -2.30. The first-order valence-corrected chi connectivity index (χ1v) is 6.74. The van der Waals surface area contributed by atoms with Gasteiger partial charge in [-0.1, -0.05) is 12.1 Å². The van der Waals surface area contributed by atoms with E-state index < -0.39 is 6.09 Å². The van der Waals surface area contributed by atoms with Crippen LogP contribution in [0.4, 0.5) is 16.2 Å². The van der Waals surface area contributed by atoms with Crippen LogP contribution in [0.5, 0.6) is 0 Å². The van der Waals surface area contributed by atoms with E-state index in [0.29, 0.717) is 13.2 Å². The Kier molecular flexibility index (Phi) is 5.39. The molecular weight excluding hydrogens is 274 g/mol. The molecule has 0 aromatic heterocycles. The minimum absolute atomic E-state index is 0.135. The number of nitrogens with zero attached hydrogens (tertiary/aromatic N) is 1. The van der Waals surface area contributed by atoms with Gasteiger partial charge in [-0.3, -0.25) is 4.79 Å². The molecule has 1 saturated heterocycles. The molecule has 7 nitrogen and oxygen atoms in total. The number of para-hydroxylation sites is 2. The van der Waals surface area contributed by atoms with Crippen LogP contribution in [0.2, 0.25) is 0 Å². The highest BCUT2D eigenvalue weighted by molar-refractivity contribution is 5.96. The lowest BCUT2D eigenvalue weighted by molar-refractivity contribution is -0.115. The molecule has 7 heteroatoms. The second-order valence-electron chi connectivity index (χ2n) is 4.51. The van der Waals surface area contributed by atoms with E-state index in [9.17, 15) is 9.59 Å². The van der Waals surface area contributed by atoms with Crippen molar-refractivity contribution in [3.63, 3.8) is 0 Å². The monoisotopic (exact) mass is 293 g/mol. The average molecular weight is 293 g/mol. The Hall–Kier alpha value is -2.28. The number of rotatable bonds is 4. The molecule has 0 unspecified atom stereocenters. The third-order valence-corrected chi connectivity index (χ3v) is 3.11. The van der Waals surface area contributed by atoms with Gasteiger partial charge in [0, 0.05) is 13.1 Å².